The molecule has 0 bridgehead atoms. The standard InChI is InChI=1S/C11H16N2O6/c1-2-9(14)17-4-3-12-10(15)13-5-8-6-18-11(16)19-7-8/h2,8H,1,3-7H2,(H2,12,13,15). The van der Waals surface area contributed by atoms with Gasteiger partial charge < -0.3 is 24.8 Å². The van der Waals surface area contributed by atoms with Crippen LogP contribution in [0.2, 0.25) is 0 Å². The third kappa shape index (κ3) is 6.29. The molecule has 1 heterocycles. The SMILES string of the molecule is C=CC(=O)OCCNC(=O)NCC1COC(=O)OC1. The van der Waals surface area contributed by atoms with Crippen molar-refractivity contribution >= 4 is 18.2 Å². The summed E-state index contributed by atoms with van der Waals surface area (Å²) in [6.45, 7) is 4.27. The lowest BCUT2D eigenvalue weighted by Gasteiger charge is -2.21. The lowest BCUT2D eigenvalue weighted by molar-refractivity contribution is -0.137. The number of esters is 1. The molecule has 1 aliphatic heterocycles. The molecule has 106 valence electrons. The number of rotatable bonds is 6. The quantitative estimate of drug-likeness (QED) is 0.394. The Hall–Kier alpha value is -2.25. The van der Waals surface area contributed by atoms with E-state index in [4.69, 9.17) is 0 Å². The van der Waals surface area contributed by atoms with Gasteiger partial charge in [-0.15, -0.1) is 0 Å². The van der Waals surface area contributed by atoms with Gasteiger partial charge >= 0.3 is 18.2 Å². The van der Waals surface area contributed by atoms with Crippen molar-refractivity contribution in [3.63, 3.8) is 0 Å². The van der Waals surface area contributed by atoms with Crippen molar-refractivity contribution in [3.8, 4) is 0 Å². The van der Waals surface area contributed by atoms with Crippen molar-refractivity contribution in [2.45, 2.75) is 0 Å². The zero-order valence-electron chi connectivity index (χ0n) is 10.3. The van der Waals surface area contributed by atoms with E-state index < -0.39 is 18.2 Å². The minimum absolute atomic E-state index is 0.0676. The Bertz CT molecular complexity index is 347. The molecule has 8 nitrogen and oxygen atoms in total. The minimum atomic E-state index is -0.690. The van der Waals surface area contributed by atoms with Crippen molar-refractivity contribution < 1.29 is 28.6 Å². The summed E-state index contributed by atoms with van der Waals surface area (Å²) in [5.41, 5.74) is 0. The lowest BCUT2D eigenvalue weighted by atomic mass is 10.2. The van der Waals surface area contributed by atoms with Gasteiger partial charge in [-0.2, -0.15) is 0 Å². The second kappa shape index (κ2) is 7.96. The average Bonchev–Trinajstić information content (AvgIpc) is 2.42. The molecule has 0 aromatic carbocycles. The van der Waals surface area contributed by atoms with Crippen LogP contribution in [-0.2, 0) is 19.0 Å². The van der Waals surface area contributed by atoms with Crippen molar-refractivity contribution in [2.75, 3.05) is 32.9 Å². The highest BCUT2D eigenvalue weighted by molar-refractivity contribution is 5.81. The van der Waals surface area contributed by atoms with Crippen LogP contribution in [0.1, 0.15) is 0 Å². The lowest BCUT2D eigenvalue weighted by Crippen LogP contribution is -2.42. The molecule has 0 aromatic heterocycles. The zero-order valence-corrected chi connectivity index (χ0v) is 10.3. The molecule has 8 heteroatoms. The first-order chi connectivity index (χ1) is 9.11. The van der Waals surface area contributed by atoms with E-state index in [1.807, 2.05) is 0 Å². The Balaban J connectivity index is 2.03. The molecule has 19 heavy (non-hydrogen) atoms. The highest BCUT2D eigenvalue weighted by Gasteiger charge is 2.21. The van der Waals surface area contributed by atoms with Gasteiger partial charge in [0.1, 0.15) is 19.8 Å². The number of ether oxygens (including phenoxy) is 3. The van der Waals surface area contributed by atoms with E-state index in [1.165, 1.54) is 0 Å². The van der Waals surface area contributed by atoms with E-state index in [9.17, 15) is 14.4 Å². The molecule has 2 N–H and O–H groups in total. The molecule has 0 radical (unpaired) electrons. The number of hydrogen-bond donors (Lipinski definition) is 2. The number of carbonyl (C=O) groups is 3. The third-order valence-corrected chi connectivity index (χ3v) is 2.22. The Morgan fingerprint density at radius 2 is 2.05 bits per heavy atom. The molecule has 0 saturated carbocycles. The molecule has 0 unspecified atom stereocenters. The van der Waals surface area contributed by atoms with E-state index in [2.05, 4.69) is 31.4 Å². The normalized spacial score (nSPS) is 14.8. The molecule has 0 aliphatic carbocycles. The summed E-state index contributed by atoms with van der Waals surface area (Å²) >= 11 is 0. The van der Waals surface area contributed by atoms with Gasteiger partial charge in [-0.3, -0.25) is 0 Å². The van der Waals surface area contributed by atoms with Gasteiger partial charge in [0.15, 0.2) is 0 Å². The van der Waals surface area contributed by atoms with Crippen molar-refractivity contribution in [3.05, 3.63) is 12.7 Å². The highest BCUT2D eigenvalue weighted by Crippen LogP contribution is 2.05. The molecule has 1 rings (SSSR count). The van der Waals surface area contributed by atoms with Crippen LogP contribution >= 0.6 is 0 Å². The first-order valence-electron chi connectivity index (χ1n) is 5.72. The Kier molecular flexibility index (Phi) is 6.20. The first-order valence-corrected chi connectivity index (χ1v) is 5.72. The molecule has 1 saturated heterocycles. The number of urea groups is 1. The molecule has 1 aliphatic rings. The monoisotopic (exact) mass is 272 g/mol. The first kappa shape index (κ1) is 14.8. The summed E-state index contributed by atoms with van der Waals surface area (Å²) < 4.78 is 14.0. The largest absolute Gasteiger partial charge is 0.508 e. The smallest absolute Gasteiger partial charge is 0.461 e. The van der Waals surface area contributed by atoms with Gasteiger partial charge in [0.2, 0.25) is 0 Å². The van der Waals surface area contributed by atoms with Gasteiger partial charge in [-0.1, -0.05) is 6.58 Å². The third-order valence-electron chi connectivity index (χ3n) is 2.22. The number of nitrogens with one attached hydrogen (secondary N) is 2. The maximum atomic E-state index is 11.3. The van der Waals surface area contributed by atoms with E-state index in [0.29, 0.717) is 6.54 Å². The summed E-state index contributed by atoms with van der Waals surface area (Å²) in [5.74, 6) is -0.606. The Morgan fingerprint density at radius 1 is 1.37 bits per heavy atom. The number of amides is 2. The van der Waals surface area contributed by atoms with Crippen LogP contribution < -0.4 is 10.6 Å². The Morgan fingerprint density at radius 3 is 2.68 bits per heavy atom. The van der Waals surface area contributed by atoms with Crippen LogP contribution in [0.5, 0.6) is 0 Å². The van der Waals surface area contributed by atoms with Gasteiger partial charge in [-0.25, -0.2) is 14.4 Å². The van der Waals surface area contributed by atoms with Crippen LogP contribution in [0, 0.1) is 5.92 Å². The highest BCUT2D eigenvalue weighted by atomic mass is 16.7. The van der Waals surface area contributed by atoms with Crippen molar-refractivity contribution in [1.29, 1.82) is 0 Å². The molecular formula is C11H16N2O6. The zero-order chi connectivity index (χ0) is 14.1. The maximum Gasteiger partial charge on any atom is 0.508 e. The van der Waals surface area contributed by atoms with E-state index in [0.717, 1.165) is 6.08 Å². The number of carbonyl (C=O) groups excluding carboxylic acids is 3. The van der Waals surface area contributed by atoms with Crippen LogP contribution in [0.4, 0.5) is 9.59 Å². The number of cyclic esters (lactones) is 2. The van der Waals surface area contributed by atoms with Gasteiger partial charge in [-0.05, 0) is 0 Å². The Labute approximate surface area is 110 Å². The topological polar surface area (TPSA) is 103 Å². The number of hydrogen-bond acceptors (Lipinski definition) is 6. The molecule has 2 amide bonds. The van der Waals surface area contributed by atoms with Gasteiger partial charge in [0.05, 0.1) is 6.54 Å². The van der Waals surface area contributed by atoms with Crippen molar-refractivity contribution in [1.82, 2.24) is 10.6 Å². The summed E-state index contributed by atoms with van der Waals surface area (Å²) in [5, 5.41) is 5.09. The predicted octanol–water partition coefficient (Wildman–Crippen LogP) is -0.202. The maximum absolute atomic E-state index is 11.3. The van der Waals surface area contributed by atoms with E-state index in [1.54, 1.807) is 0 Å². The molecule has 0 spiro atoms. The summed E-state index contributed by atoms with van der Waals surface area (Å²) in [7, 11) is 0. The summed E-state index contributed by atoms with van der Waals surface area (Å²) in [6.07, 6.45) is 0.356. The fourth-order valence-corrected chi connectivity index (χ4v) is 1.25. The van der Waals surface area contributed by atoms with Crippen LogP contribution in [0.15, 0.2) is 12.7 Å². The molecule has 1 fully saturated rings. The van der Waals surface area contributed by atoms with Gasteiger partial charge in [0.25, 0.3) is 0 Å². The second-order valence-electron chi connectivity index (χ2n) is 3.75. The molecular weight excluding hydrogens is 256 g/mol. The summed E-state index contributed by atoms with van der Waals surface area (Å²) in [4.78, 5) is 32.6. The van der Waals surface area contributed by atoms with Gasteiger partial charge in [0, 0.05) is 18.5 Å². The van der Waals surface area contributed by atoms with Crippen LogP contribution in [0.25, 0.3) is 0 Å². The van der Waals surface area contributed by atoms with Crippen molar-refractivity contribution in [2.24, 2.45) is 5.92 Å². The molecule has 0 aromatic rings. The fourth-order valence-electron chi connectivity index (χ4n) is 1.25. The van der Waals surface area contributed by atoms with Crippen LogP contribution in [0.3, 0.4) is 0 Å². The average molecular weight is 272 g/mol. The van der Waals surface area contributed by atoms with E-state index in [-0.39, 0.29) is 32.3 Å². The molecule has 0 atom stereocenters. The predicted molar refractivity (Wildman–Crippen MR) is 63.3 cm³/mol. The van der Waals surface area contributed by atoms with Crippen LogP contribution in [-0.4, -0.2) is 51.1 Å². The second-order valence-corrected chi connectivity index (χ2v) is 3.75. The van der Waals surface area contributed by atoms with E-state index >= 15 is 0 Å². The fraction of sp³-hybridized carbons (Fsp3) is 0.545. The minimum Gasteiger partial charge on any atom is -0.461 e. The summed E-state index contributed by atoms with van der Waals surface area (Å²) in [6, 6.07) is -0.397.